The molecule has 1 aliphatic carbocycles. The molecule has 1 fully saturated rings. The SMILES string of the molecule is O=C1CCC(Oc2cccc(F)c2)C1. The molecular formula is C11H11FO2. The molecule has 2 rings (SSSR count). The van der Waals surface area contributed by atoms with Gasteiger partial charge in [0.25, 0.3) is 0 Å². The maximum atomic E-state index is 12.8. The normalized spacial score (nSPS) is 21.2. The average Bonchev–Trinajstić information content (AvgIpc) is 2.51. The van der Waals surface area contributed by atoms with E-state index in [4.69, 9.17) is 4.74 Å². The molecule has 0 bridgehead atoms. The minimum Gasteiger partial charge on any atom is -0.490 e. The van der Waals surface area contributed by atoms with Crippen molar-refractivity contribution in [1.82, 2.24) is 0 Å². The lowest BCUT2D eigenvalue weighted by Gasteiger charge is -2.11. The first-order valence-corrected chi connectivity index (χ1v) is 4.68. The van der Waals surface area contributed by atoms with Crippen LogP contribution in [-0.4, -0.2) is 11.9 Å². The molecule has 1 unspecified atom stereocenters. The van der Waals surface area contributed by atoms with Crippen molar-refractivity contribution in [2.45, 2.75) is 25.4 Å². The Morgan fingerprint density at radius 1 is 1.43 bits per heavy atom. The fourth-order valence-corrected chi connectivity index (χ4v) is 1.61. The molecule has 1 aliphatic rings. The molecule has 0 heterocycles. The second kappa shape index (κ2) is 3.78. The van der Waals surface area contributed by atoms with Crippen molar-refractivity contribution >= 4 is 5.78 Å². The number of rotatable bonds is 2. The molecular weight excluding hydrogens is 183 g/mol. The third kappa shape index (κ3) is 2.10. The lowest BCUT2D eigenvalue weighted by Crippen LogP contribution is -2.12. The highest BCUT2D eigenvalue weighted by Crippen LogP contribution is 2.22. The van der Waals surface area contributed by atoms with Crippen molar-refractivity contribution in [2.75, 3.05) is 0 Å². The summed E-state index contributed by atoms with van der Waals surface area (Å²) in [5.41, 5.74) is 0. The van der Waals surface area contributed by atoms with E-state index < -0.39 is 0 Å². The maximum Gasteiger partial charge on any atom is 0.136 e. The number of hydrogen-bond donors (Lipinski definition) is 0. The third-order valence-electron chi connectivity index (χ3n) is 2.30. The van der Waals surface area contributed by atoms with Crippen LogP contribution in [0, 0.1) is 5.82 Å². The minimum absolute atomic E-state index is 0.0655. The molecule has 1 saturated carbocycles. The molecule has 14 heavy (non-hydrogen) atoms. The molecule has 1 atom stereocenters. The van der Waals surface area contributed by atoms with Gasteiger partial charge >= 0.3 is 0 Å². The summed E-state index contributed by atoms with van der Waals surface area (Å²) in [7, 11) is 0. The lowest BCUT2D eigenvalue weighted by atomic mass is 10.3. The van der Waals surface area contributed by atoms with Crippen molar-refractivity contribution in [3.05, 3.63) is 30.1 Å². The Kier molecular flexibility index (Phi) is 2.48. The molecule has 1 aromatic carbocycles. The van der Waals surface area contributed by atoms with Crippen molar-refractivity contribution < 1.29 is 13.9 Å². The van der Waals surface area contributed by atoms with E-state index in [9.17, 15) is 9.18 Å². The van der Waals surface area contributed by atoms with Crippen LogP contribution in [-0.2, 0) is 4.79 Å². The average molecular weight is 194 g/mol. The Balaban J connectivity index is 2.00. The van der Waals surface area contributed by atoms with E-state index >= 15 is 0 Å². The van der Waals surface area contributed by atoms with Crippen molar-refractivity contribution in [3.63, 3.8) is 0 Å². The quantitative estimate of drug-likeness (QED) is 0.722. The van der Waals surface area contributed by atoms with Crippen LogP contribution in [0.5, 0.6) is 5.75 Å². The molecule has 2 nitrogen and oxygen atoms in total. The molecule has 0 spiro atoms. The zero-order valence-corrected chi connectivity index (χ0v) is 7.70. The summed E-state index contributed by atoms with van der Waals surface area (Å²) >= 11 is 0. The zero-order valence-electron chi connectivity index (χ0n) is 7.70. The Labute approximate surface area is 81.7 Å². The summed E-state index contributed by atoms with van der Waals surface area (Å²) in [6.07, 6.45) is 1.72. The van der Waals surface area contributed by atoms with Crippen LogP contribution in [0.25, 0.3) is 0 Å². The van der Waals surface area contributed by atoms with Crippen molar-refractivity contribution in [1.29, 1.82) is 0 Å². The molecule has 0 saturated heterocycles. The standard InChI is InChI=1S/C11H11FO2/c12-8-2-1-3-10(6-8)14-11-5-4-9(13)7-11/h1-3,6,11H,4-5,7H2. The van der Waals surface area contributed by atoms with Gasteiger partial charge in [-0.25, -0.2) is 4.39 Å². The number of carbonyl (C=O) groups excluding carboxylic acids is 1. The molecule has 1 aromatic rings. The van der Waals surface area contributed by atoms with Crippen LogP contribution in [0.3, 0.4) is 0 Å². The lowest BCUT2D eigenvalue weighted by molar-refractivity contribution is -0.117. The fourth-order valence-electron chi connectivity index (χ4n) is 1.61. The zero-order chi connectivity index (χ0) is 9.97. The summed E-state index contributed by atoms with van der Waals surface area (Å²) in [6.45, 7) is 0. The van der Waals surface area contributed by atoms with Gasteiger partial charge < -0.3 is 4.74 Å². The number of ketones is 1. The van der Waals surface area contributed by atoms with Crippen LogP contribution >= 0.6 is 0 Å². The smallest absolute Gasteiger partial charge is 0.136 e. The highest BCUT2D eigenvalue weighted by Gasteiger charge is 2.23. The van der Waals surface area contributed by atoms with E-state index in [2.05, 4.69) is 0 Å². The minimum atomic E-state index is -0.313. The van der Waals surface area contributed by atoms with Crippen LogP contribution in [0.2, 0.25) is 0 Å². The van der Waals surface area contributed by atoms with Gasteiger partial charge in [-0.15, -0.1) is 0 Å². The van der Waals surface area contributed by atoms with E-state index in [1.54, 1.807) is 12.1 Å². The van der Waals surface area contributed by atoms with Crippen molar-refractivity contribution in [2.24, 2.45) is 0 Å². The first kappa shape index (κ1) is 9.19. The number of benzene rings is 1. The topological polar surface area (TPSA) is 26.3 Å². The van der Waals surface area contributed by atoms with Gasteiger partial charge in [0.2, 0.25) is 0 Å². The molecule has 0 radical (unpaired) electrons. The molecule has 0 amide bonds. The Hall–Kier alpha value is -1.38. The molecule has 0 aromatic heterocycles. The van der Waals surface area contributed by atoms with Crippen LogP contribution in [0.1, 0.15) is 19.3 Å². The van der Waals surface area contributed by atoms with E-state index in [1.807, 2.05) is 0 Å². The van der Waals surface area contributed by atoms with Crippen LogP contribution in [0.15, 0.2) is 24.3 Å². The van der Waals surface area contributed by atoms with Gasteiger partial charge in [-0.3, -0.25) is 4.79 Å². The van der Waals surface area contributed by atoms with Gasteiger partial charge in [0.15, 0.2) is 0 Å². The Bertz CT molecular complexity index is 349. The number of hydrogen-bond acceptors (Lipinski definition) is 2. The van der Waals surface area contributed by atoms with Gasteiger partial charge in [0, 0.05) is 18.9 Å². The molecule has 74 valence electrons. The highest BCUT2D eigenvalue weighted by atomic mass is 19.1. The predicted octanol–water partition coefficient (Wildman–Crippen LogP) is 2.33. The van der Waals surface area contributed by atoms with Crippen LogP contribution in [0.4, 0.5) is 4.39 Å². The molecule has 3 heteroatoms. The monoisotopic (exact) mass is 194 g/mol. The summed E-state index contributed by atoms with van der Waals surface area (Å²) in [6, 6.07) is 6.00. The first-order valence-electron chi connectivity index (χ1n) is 4.68. The van der Waals surface area contributed by atoms with Gasteiger partial charge in [-0.05, 0) is 18.6 Å². The van der Waals surface area contributed by atoms with Gasteiger partial charge in [-0.2, -0.15) is 0 Å². The summed E-state index contributed by atoms with van der Waals surface area (Å²) in [4.78, 5) is 11.0. The highest BCUT2D eigenvalue weighted by molar-refractivity contribution is 5.81. The first-order chi connectivity index (χ1) is 6.74. The van der Waals surface area contributed by atoms with E-state index in [-0.39, 0.29) is 17.7 Å². The number of ether oxygens (including phenoxy) is 1. The van der Waals surface area contributed by atoms with Gasteiger partial charge in [0.1, 0.15) is 23.5 Å². The van der Waals surface area contributed by atoms with Gasteiger partial charge in [0.05, 0.1) is 0 Å². The van der Waals surface area contributed by atoms with E-state index in [0.29, 0.717) is 18.6 Å². The van der Waals surface area contributed by atoms with Crippen molar-refractivity contribution in [3.8, 4) is 5.75 Å². The fraction of sp³-hybridized carbons (Fsp3) is 0.364. The second-order valence-electron chi connectivity index (χ2n) is 3.48. The number of Topliss-reactive ketones (excluding diaryl/α,β-unsaturated/α-hetero) is 1. The van der Waals surface area contributed by atoms with Crippen LogP contribution < -0.4 is 4.74 Å². The Morgan fingerprint density at radius 3 is 2.93 bits per heavy atom. The van der Waals surface area contributed by atoms with Gasteiger partial charge in [-0.1, -0.05) is 6.07 Å². The third-order valence-corrected chi connectivity index (χ3v) is 2.30. The number of carbonyl (C=O) groups is 1. The van der Waals surface area contributed by atoms with E-state index in [1.165, 1.54) is 12.1 Å². The summed E-state index contributed by atoms with van der Waals surface area (Å²) in [5, 5.41) is 0. The molecule has 0 N–H and O–H groups in total. The maximum absolute atomic E-state index is 12.8. The second-order valence-corrected chi connectivity index (χ2v) is 3.48. The van der Waals surface area contributed by atoms with E-state index in [0.717, 1.165) is 6.42 Å². The summed E-state index contributed by atoms with van der Waals surface area (Å²) < 4.78 is 18.2. The Morgan fingerprint density at radius 2 is 2.29 bits per heavy atom. The summed E-state index contributed by atoms with van der Waals surface area (Å²) in [5.74, 6) is 0.419. The predicted molar refractivity (Wildman–Crippen MR) is 49.7 cm³/mol. The molecule has 0 aliphatic heterocycles. The largest absolute Gasteiger partial charge is 0.490 e. The number of halogens is 1.